The Labute approximate surface area is 168 Å². The molecule has 0 atom stereocenters. The van der Waals surface area contributed by atoms with Crippen LogP contribution in [0.15, 0.2) is 24.3 Å². The van der Waals surface area contributed by atoms with E-state index in [0.717, 1.165) is 6.08 Å². The Hall–Kier alpha value is -2.65. The van der Waals surface area contributed by atoms with Gasteiger partial charge in [0.1, 0.15) is 10.9 Å². The maximum absolute atomic E-state index is 12.2. The Morgan fingerprint density at radius 3 is 2.64 bits per heavy atom. The smallest absolute Gasteiger partial charge is 0.387 e. The number of aromatic nitrogens is 2. The van der Waals surface area contributed by atoms with Crippen LogP contribution in [0.3, 0.4) is 0 Å². The minimum atomic E-state index is -3.02. The van der Waals surface area contributed by atoms with Crippen LogP contribution in [0, 0.1) is 6.92 Å². The Balaban J connectivity index is 1.87. The number of carbonyl (C=O) groups excluding carboxylic acids is 2. The summed E-state index contributed by atoms with van der Waals surface area (Å²) in [5.41, 5.74) is 1.41. The average molecular weight is 434 g/mol. The predicted octanol–water partition coefficient (Wildman–Crippen LogP) is 3.83. The molecular weight excluding hydrogens is 419 g/mol. The number of aryl methyl sites for hydroxylation is 2. The molecule has 2 aromatic rings. The Morgan fingerprint density at radius 1 is 1.36 bits per heavy atom. The van der Waals surface area contributed by atoms with Gasteiger partial charge in [-0.3, -0.25) is 9.48 Å². The molecule has 1 aromatic carbocycles. The zero-order valence-corrected chi connectivity index (χ0v) is 16.2. The molecule has 28 heavy (non-hydrogen) atoms. The third-order valence-electron chi connectivity index (χ3n) is 3.36. The van der Waals surface area contributed by atoms with E-state index in [1.54, 1.807) is 14.0 Å². The highest BCUT2D eigenvalue weighted by atomic mass is 35.5. The van der Waals surface area contributed by atoms with Crippen LogP contribution >= 0.6 is 23.2 Å². The molecule has 2 rings (SSSR count). The molecule has 1 amide bonds. The fourth-order valence-corrected chi connectivity index (χ4v) is 2.60. The fraction of sp³-hybridized carbons (Fsp3) is 0.235. The third kappa shape index (κ3) is 5.93. The first-order valence-corrected chi connectivity index (χ1v) is 8.51. The molecule has 0 radical (unpaired) electrons. The molecule has 0 unspecified atom stereocenters. The summed E-state index contributed by atoms with van der Waals surface area (Å²) in [6.07, 6.45) is 2.56. The van der Waals surface area contributed by atoms with Crippen molar-refractivity contribution >= 4 is 46.8 Å². The second-order valence-electron chi connectivity index (χ2n) is 5.43. The monoisotopic (exact) mass is 433 g/mol. The van der Waals surface area contributed by atoms with Crippen molar-refractivity contribution in [3.05, 3.63) is 45.7 Å². The topological polar surface area (TPSA) is 82.5 Å². The van der Waals surface area contributed by atoms with Crippen molar-refractivity contribution in [3.8, 4) is 5.75 Å². The predicted molar refractivity (Wildman–Crippen MR) is 99.7 cm³/mol. The van der Waals surface area contributed by atoms with Gasteiger partial charge >= 0.3 is 12.6 Å². The number of carbonyl (C=O) groups is 2. The number of ether oxygens (including phenoxy) is 2. The molecule has 0 aliphatic rings. The lowest BCUT2D eigenvalue weighted by atomic mass is 10.2. The number of benzene rings is 1. The fourth-order valence-electron chi connectivity index (χ4n) is 2.14. The second-order valence-corrected chi connectivity index (χ2v) is 6.19. The molecule has 1 heterocycles. The van der Waals surface area contributed by atoms with Crippen molar-refractivity contribution in [3.63, 3.8) is 0 Å². The number of hydrogen-bond acceptors (Lipinski definition) is 5. The van der Waals surface area contributed by atoms with Crippen molar-refractivity contribution < 1.29 is 27.8 Å². The maximum Gasteiger partial charge on any atom is 0.387 e. The van der Waals surface area contributed by atoms with Gasteiger partial charge in [0.05, 0.1) is 10.7 Å². The number of halogens is 4. The van der Waals surface area contributed by atoms with E-state index < -0.39 is 25.1 Å². The molecular formula is C17H15Cl2F2N3O4. The largest absolute Gasteiger partial charge is 0.452 e. The van der Waals surface area contributed by atoms with Gasteiger partial charge in [-0.15, -0.1) is 0 Å². The summed E-state index contributed by atoms with van der Waals surface area (Å²) in [5, 5.41) is 6.75. The summed E-state index contributed by atoms with van der Waals surface area (Å²) in [7, 11) is 1.66. The molecule has 150 valence electrons. The van der Waals surface area contributed by atoms with Gasteiger partial charge in [-0.2, -0.15) is 13.9 Å². The van der Waals surface area contributed by atoms with E-state index in [0.29, 0.717) is 16.4 Å². The van der Waals surface area contributed by atoms with Crippen LogP contribution in [0.4, 0.5) is 14.5 Å². The third-order valence-corrected chi connectivity index (χ3v) is 4.10. The van der Waals surface area contributed by atoms with Gasteiger partial charge in [0.15, 0.2) is 6.61 Å². The number of nitrogens with zero attached hydrogens (tertiary/aromatic N) is 2. The summed E-state index contributed by atoms with van der Waals surface area (Å²) in [4.78, 5) is 23.6. The van der Waals surface area contributed by atoms with Crippen molar-refractivity contribution in [1.82, 2.24) is 9.78 Å². The normalized spacial score (nSPS) is 11.1. The van der Waals surface area contributed by atoms with E-state index in [-0.39, 0.29) is 16.5 Å². The molecule has 0 aliphatic heterocycles. The standard InChI is InChI=1S/C17H15Cl2F2N3O4/c1-9-11(16(19)24(2)23-9)4-6-15(26)27-8-14(25)22-10-3-5-13(12(18)7-10)28-17(20)21/h3-7,17H,8H2,1-2H3,(H,22,25)/b6-4+. The summed E-state index contributed by atoms with van der Waals surface area (Å²) in [6.45, 7) is -1.85. The molecule has 1 aromatic heterocycles. The molecule has 0 spiro atoms. The van der Waals surface area contributed by atoms with Gasteiger partial charge in [0.25, 0.3) is 5.91 Å². The van der Waals surface area contributed by atoms with E-state index in [4.69, 9.17) is 27.9 Å². The van der Waals surface area contributed by atoms with Crippen LogP contribution in [0.1, 0.15) is 11.3 Å². The average Bonchev–Trinajstić information content (AvgIpc) is 2.85. The number of hydrogen-bond donors (Lipinski definition) is 1. The van der Waals surface area contributed by atoms with Crippen LogP contribution in [0.5, 0.6) is 5.75 Å². The molecule has 0 aliphatic carbocycles. The van der Waals surface area contributed by atoms with Crippen LogP contribution < -0.4 is 10.1 Å². The van der Waals surface area contributed by atoms with E-state index >= 15 is 0 Å². The van der Waals surface area contributed by atoms with E-state index in [1.165, 1.54) is 29.0 Å². The molecule has 1 N–H and O–H groups in total. The quantitative estimate of drug-likeness (QED) is 0.529. The Morgan fingerprint density at radius 2 is 2.07 bits per heavy atom. The highest BCUT2D eigenvalue weighted by molar-refractivity contribution is 6.32. The van der Waals surface area contributed by atoms with Gasteiger partial charge in [-0.25, -0.2) is 4.79 Å². The highest BCUT2D eigenvalue weighted by Crippen LogP contribution is 2.28. The number of esters is 1. The second kappa shape index (κ2) is 9.52. The van der Waals surface area contributed by atoms with Crippen molar-refractivity contribution in [2.45, 2.75) is 13.5 Å². The summed E-state index contributed by atoms with van der Waals surface area (Å²) in [6, 6.07) is 3.72. The summed E-state index contributed by atoms with van der Waals surface area (Å²) in [5.74, 6) is -1.63. The number of nitrogens with one attached hydrogen (secondary N) is 1. The van der Waals surface area contributed by atoms with Crippen molar-refractivity contribution in [2.24, 2.45) is 7.05 Å². The van der Waals surface area contributed by atoms with Crippen molar-refractivity contribution in [2.75, 3.05) is 11.9 Å². The SMILES string of the molecule is Cc1nn(C)c(Cl)c1/C=C/C(=O)OCC(=O)Nc1ccc(OC(F)F)c(Cl)c1. The van der Waals surface area contributed by atoms with Gasteiger partial charge in [-0.1, -0.05) is 23.2 Å². The zero-order chi connectivity index (χ0) is 20.8. The maximum atomic E-state index is 12.2. The van der Waals surface area contributed by atoms with Crippen LogP contribution in [-0.4, -0.2) is 34.9 Å². The first-order valence-electron chi connectivity index (χ1n) is 7.75. The van der Waals surface area contributed by atoms with E-state index in [2.05, 4.69) is 15.2 Å². The lowest BCUT2D eigenvalue weighted by Gasteiger charge is -2.09. The minimum absolute atomic E-state index is 0.109. The molecule has 0 saturated carbocycles. The molecule has 0 fully saturated rings. The van der Waals surface area contributed by atoms with E-state index in [1.807, 2.05) is 0 Å². The Bertz CT molecular complexity index is 916. The van der Waals surface area contributed by atoms with Crippen molar-refractivity contribution in [1.29, 1.82) is 0 Å². The molecule has 0 saturated heterocycles. The molecule has 11 heteroatoms. The van der Waals surface area contributed by atoms with Gasteiger partial charge in [-0.05, 0) is 31.2 Å². The van der Waals surface area contributed by atoms with Gasteiger partial charge in [0, 0.05) is 24.4 Å². The van der Waals surface area contributed by atoms with E-state index in [9.17, 15) is 18.4 Å². The van der Waals surface area contributed by atoms with Crippen LogP contribution in [0.2, 0.25) is 10.2 Å². The van der Waals surface area contributed by atoms with Gasteiger partial charge < -0.3 is 14.8 Å². The summed E-state index contributed by atoms with van der Waals surface area (Å²) < 4.78 is 34.9. The number of alkyl halides is 2. The molecule has 0 bridgehead atoms. The van der Waals surface area contributed by atoms with Gasteiger partial charge in [0.2, 0.25) is 0 Å². The number of rotatable bonds is 7. The highest BCUT2D eigenvalue weighted by Gasteiger charge is 2.12. The Kier molecular flexibility index (Phi) is 7.36. The zero-order valence-electron chi connectivity index (χ0n) is 14.7. The number of amides is 1. The minimum Gasteiger partial charge on any atom is -0.452 e. The molecule has 7 nitrogen and oxygen atoms in total. The first-order chi connectivity index (χ1) is 13.2. The van der Waals surface area contributed by atoms with Crippen LogP contribution in [-0.2, 0) is 21.4 Å². The lowest BCUT2D eigenvalue weighted by molar-refractivity contribution is -0.142. The van der Waals surface area contributed by atoms with Crippen LogP contribution in [0.25, 0.3) is 6.08 Å². The number of anilines is 1. The summed E-state index contributed by atoms with van der Waals surface area (Å²) >= 11 is 11.8. The lowest BCUT2D eigenvalue weighted by Crippen LogP contribution is -2.20. The first kappa shape index (κ1) is 21.6.